The van der Waals surface area contributed by atoms with Gasteiger partial charge in [-0.2, -0.15) is 5.26 Å². The van der Waals surface area contributed by atoms with Gasteiger partial charge < -0.3 is 9.47 Å². The lowest BCUT2D eigenvalue weighted by atomic mass is 10.1. The molecule has 1 aromatic rings. The predicted octanol–water partition coefficient (Wildman–Crippen LogP) is 3.35. The summed E-state index contributed by atoms with van der Waals surface area (Å²) in [6, 6.07) is 8.76. The molecule has 0 radical (unpaired) electrons. The topological polar surface area (TPSA) is 59.3 Å². The number of hydrogen-bond acceptors (Lipinski definition) is 4. The molecular weight excluding hydrogens is 230 g/mol. The zero-order valence-corrected chi connectivity index (χ0v) is 10.4. The average molecular weight is 245 g/mol. The molecule has 0 bridgehead atoms. The molecule has 18 heavy (non-hydrogen) atoms. The lowest BCUT2D eigenvalue weighted by Gasteiger charge is -2.15. The Bertz CT molecular complexity index is 457. The summed E-state index contributed by atoms with van der Waals surface area (Å²) in [6.45, 7) is 7.10. The van der Waals surface area contributed by atoms with Gasteiger partial charge in [0.1, 0.15) is 6.10 Å². The van der Waals surface area contributed by atoms with Crippen LogP contribution in [-0.2, 0) is 9.47 Å². The van der Waals surface area contributed by atoms with Gasteiger partial charge in [0.25, 0.3) is 0 Å². The first-order chi connectivity index (χ1) is 8.56. The Balaban J connectivity index is 2.74. The van der Waals surface area contributed by atoms with Gasteiger partial charge in [0.2, 0.25) is 0 Å². The van der Waals surface area contributed by atoms with Crippen LogP contribution in [0.25, 0.3) is 0 Å². The quantitative estimate of drug-likeness (QED) is 0.603. The van der Waals surface area contributed by atoms with Crippen LogP contribution in [-0.4, -0.2) is 12.3 Å². The summed E-state index contributed by atoms with van der Waals surface area (Å²) in [6.07, 6.45) is -0.0460. The molecule has 94 valence electrons. The Morgan fingerprint density at radius 2 is 1.94 bits per heavy atom. The first-order valence-corrected chi connectivity index (χ1v) is 5.56. The smallest absolute Gasteiger partial charge is 0.432 e. The molecular formula is C14H15NO3. The number of rotatable bonds is 4. The van der Waals surface area contributed by atoms with Gasteiger partial charge in [0.05, 0.1) is 17.7 Å². The minimum absolute atomic E-state index is 0.232. The number of ether oxygens (including phenoxy) is 2. The van der Waals surface area contributed by atoms with Gasteiger partial charge in [0, 0.05) is 0 Å². The van der Waals surface area contributed by atoms with Gasteiger partial charge in [-0.1, -0.05) is 18.7 Å². The number of carbonyl (C=O) groups excluding carboxylic acids is 1. The molecule has 0 aliphatic carbocycles. The Hall–Kier alpha value is -2.28. The summed E-state index contributed by atoms with van der Waals surface area (Å²) in [5.41, 5.74) is 1.29. The zero-order valence-electron chi connectivity index (χ0n) is 10.4. The van der Waals surface area contributed by atoms with Crippen molar-refractivity contribution in [1.82, 2.24) is 0 Å². The van der Waals surface area contributed by atoms with Crippen molar-refractivity contribution >= 4 is 6.16 Å². The third kappa shape index (κ3) is 3.95. The van der Waals surface area contributed by atoms with Crippen LogP contribution in [0, 0.1) is 11.3 Å². The van der Waals surface area contributed by atoms with Crippen molar-refractivity contribution in [3.8, 4) is 6.07 Å². The first kappa shape index (κ1) is 13.8. The minimum atomic E-state index is -0.737. The van der Waals surface area contributed by atoms with Crippen molar-refractivity contribution in [2.45, 2.75) is 26.1 Å². The van der Waals surface area contributed by atoms with E-state index in [4.69, 9.17) is 14.7 Å². The molecule has 0 saturated heterocycles. The third-order valence-electron chi connectivity index (χ3n) is 2.14. The van der Waals surface area contributed by atoms with Gasteiger partial charge in [0.15, 0.2) is 0 Å². The highest BCUT2D eigenvalue weighted by molar-refractivity contribution is 5.61. The normalized spacial score (nSPS) is 11.4. The van der Waals surface area contributed by atoms with E-state index in [-0.39, 0.29) is 6.10 Å². The molecule has 0 aliphatic rings. The van der Waals surface area contributed by atoms with E-state index in [1.165, 1.54) is 6.08 Å². The fourth-order valence-electron chi connectivity index (χ4n) is 1.32. The lowest BCUT2D eigenvalue weighted by Crippen LogP contribution is -2.15. The highest BCUT2D eigenvalue weighted by Gasteiger charge is 2.15. The molecule has 1 atom stereocenters. The molecule has 1 rings (SSSR count). The molecule has 0 saturated carbocycles. The van der Waals surface area contributed by atoms with Crippen LogP contribution in [0.5, 0.6) is 0 Å². The van der Waals surface area contributed by atoms with Crippen LogP contribution in [0.2, 0.25) is 0 Å². The fourth-order valence-corrected chi connectivity index (χ4v) is 1.32. The van der Waals surface area contributed by atoms with E-state index in [0.29, 0.717) is 5.56 Å². The van der Waals surface area contributed by atoms with Crippen LogP contribution in [0.15, 0.2) is 36.9 Å². The van der Waals surface area contributed by atoms with E-state index in [0.717, 1.165) is 5.56 Å². The zero-order chi connectivity index (χ0) is 13.5. The molecule has 0 amide bonds. The van der Waals surface area contributed by atoms with Crippen molar-refractivity contribution < 1.29 is 14.3 Å². The van der Waals surface area contributed by atoms with Gasteiger partial charge in [-0.25, -0.2) is 4.79 Å². The van der Waals surface area contributed by atoms with Crippen molar-refractivity contribution in [2.24, 2.45) is 0 Å². The Kier molecular flexibility index (Phi) is 4.94. The molecule has 4 nitrogen and oxygen atoms in total. The monoisotopic (exact) mass is 245 g/mol. The second-order valence-electron chi connectivity index (χ2n) is 3.92. The summed E-state index contributed by atoms with van der Waals surface area (Å²) < 4.78 is 10.00. The number of carbonyl (C=O) groups is 1. The van der Waals surface area contributed by atoms with E-state index in [9.17, 15) is 4.79 Å². The molecule has 0 fully saturated rings. The molecule has 0 aliphatic heterocycles. The lowest BCUT2D eigenvalue weighted by molar-refractivity contribution is 0.0185. The van der Waals surface area contributed by atoms with Crippen LogP contribution in [0.1, 0.15) is 31.1 Å². The maximum absolute atomic E-state index is 11.4. The van der Waals surface area contributed by atoms with Gasteiger partial charge in [-0.05, 0) is 37.6 Å². The second kappa shape index (κ2) is 6.45. The highest BCUT2D eigenvalue weighted by atomic mass is 16.7. The molecule has 1 aromatic carbocycles. The Morgan fingerprint density at radius 3 is 2.39 bits per heavy atom. The Labute approximate surface area is 106 Å². The predicted molar refractivity (Wildman–Crippen MR) is 66.8 cm³/mol. The van der Waals surface area contributed by atoms with E-state index in [2.05, 4.69) is 6.58 Å². The largest absolute Gasteiger partial charge is 0.509 e. The van der Waals surface area contributed by atoms with Crippen molar-refractivity contribution in [2.75, 3.05) is 0 Å². The van der Waals surface area contributed by atoms with E-state index in [1.807, 2.05) is 6.07 Å². The SMILES string of the molecule is C=CC(OC(=O)OC(C)C)c1ccc(C#N)cc1. The highest BCUT2D eigenvalue weighted by Crippen LogP contribution is 2.19. The van der Waals surface area contributed by atoms with Gasteiger partial charge in [-0.15, -0.1) is 0 Å². The number of benzene rings is 1. The molecule has 0 N–H and O–H groups in total. The third-order valence-corrected chi connectivity index (χ3v) is 2.14. The van der Waals surface area contributed by atoms with Crippen molar-refractivity contribution in [1.29, 1.82) is 5.26 Å². The van der Waals surface area contributed by atoms with E-state index < -0.39 is 12.3 Å². The molecule has 4 heteroatoms. The summed E-state index contributed by atoms with van der Waals surface area (Å²) in [7, 11) is 0. The molecule has 0 spiro atoms. The number of nitriles is 1. The van der Waals surface area contributed by atoms with Crippen LogP contribution < -0.4 is 0 Å². The number of hydrogen-bond donors (Lipinski definition) is 0. The van der Waals surface area contributed by atoms with Gasteiger partial charge in [-0.3, -0.25) is 0 Å². The molecule has 0 aromatic heterocycles. The van der Waals surface area contributed by atoms with E-state index >= 15 is 0 Å². The molecule has 1 unspecified atom stereocenters. The van der Waals surface area contributed by atoms with Gasteiger partial charge >= 0.3 is 6.16 Å². The van der Waals surface area contributed by atoms with Crippen LogP contribution in [0.3, 0.4) is 0 Å². The summed E-state index contributed by atoms with van der Waals surface area (Å²) in [5, 5.41) is 8.69. The minimum Gasteiger partial charge on any atom is -0.432 e. The molecule has 0 heterocycles. The standard InChI is InChI=1S/C14H15NO3/c1-4-13(18-14(16)17-10(2)3)12-7-5-11(9-15)6-8-12/h4-8,10,13H,1H2,2-3H3. The second-order valence-corrected chi connectivity index (χ2v) is 3.92. The summed E-state index contributed by atoms with van der Waals surface area (Å²) in [4.78, 5) is 11.4. The number of nitrogens with zero attached hydrogens (tertiary/aromatic N) is 1. The summed E-state index contributed by atoms with van der Waals surface area (Å²) >= 11 is 0. The van der Waals surface area contributed by atoms with Crippen molar-refractivity contribution in [3.05, 3.63) is 48.0 Å². The van der Waals surface area contributed by atoms with Crippen LogP contribution >= 0.6 is 0 Å². The maximum Gasteiger partial charge on any atom is 0.509 e. The Morgan fingerprint density at radius 1 is 1.33 bits per heavy atom. The van der Waals surface area contributed by atoms with E-state index in [1.54, 1.807) is 38.1 Å². The average Bonchev–Trinajstić information content (AvgIpc) is 2.35. The first-order valence-electron chi connectivity index (χ1n) is 5.56. The fraction of sp³-hybridized carbons (Fsp3) is 0.286. The van der Waals surface area contributed by atoms with Crippen LogP contribution in [0.4, 0.5) is 4.79 Å². The maximum atomic E-state index is 11.4. The van der Waals surface area contributed by atoms with Crippen molar-refractivity contribution in [3.63, 3.8) is 0 Å². The summed E-state index contributed by atoms with van der Waals surface area (Å²) in [5.74, 6) is 0.